The third-order valence-corrected chi connectivity index (χ3v) is 4.01. The molecule has 0 amide bonds. The molecule has 0 unspecified atom stereocenters. The summed E-state index contributed by atoms with van der Waals surface area (Å²) in [6.45, 7) is 4.39. The van der Waals surface area contributed by atoms with Crippen LogP contribution in [0.25, 0.3) is 11.3 Å². The second-order valence-corrected chi connectivity index (χ2v) is 6.41. The minimum Gasteiger partial charge on any atom is -0.497 e. The summed E-state index contributed by atoms with van der Waals surface area (Å²) in [4.78, 5) is 0. The fourth-order valence-electron chi connectivity index (χ4n) is 2.88. The predicted octanol–water partition coefficient (Wildman–Crippen LogP) is 2.79. The van der Waals surface area contributed by atoms with Gasteiger partial charge in [-0.15, -0.1) is 0 Å². The molecular weight excluding hydrogens is 276 g/mol. The van der Waals surface area contributed by atoms with Gasteiger partial charge in [0, 0.05) is 11.1 Å². The Kier molecular flexibility index (Phi) is 3.56. The molecule has 1 heterocycles. The number of rotatable bonds is 2. The Balaban J connectivity index is 2.03. The molecule has 1 aliphatic rings. The van der Waals surface area contributed by atoms with Gasteiger partial charge in [-0.3, -0.25) is 0 Å². The van der Waals surface area contributed by atoms with Crippen LogP contribution in [0.15, 0.2) is 35.4 Å². The second-order valence-electron chi connectivity index (χ2n) is 6.41. The number of fused-ring (bicyclic) bond motifs is 1. The first-order valence-electron chi connectivity index (χ1n) is 7.30. The lowest BCUT2D eigenvalue weighted by Crippen LogP contribution is -2.29. The molecule has 0 bridgehead atoms. The van der Waals surface area contributed by atoms with Crippen LogP contribution in [0.4, 0.5) is 0 Å². The van der Waals surface area contributed by atoms with Gasteiger partial charge in [-0.1, -0.05) is 13.8 Å². The molecular formula is C17H20N4O. The summed E-state index contributed by atoms with van der Waals surface area (Å²) in [6, 6.07) is 9.81. The minimum atomic E-state index is 0.113. The number of benzene rings is 1. The lowest BCUT2D eigenvalue weighted by molar-refractivity contribution is 0.365. The molecule has 22 heavy (non-hydrogen) atoms. The Morgan fingerprint density at radius 2 is 1.86 bits per heavy atom. The quantitative estimate of drug-likeness (QED) is 0.683. The van der Waals surface area contributed by atoms with E-state index in [0.717, 1.165) is 46.8 Å². The number of methoxy groups -OCH3 is 1. The fourth-order valence-corrected chi connectivity index (χ4v) is 2.88. The van der Waals surface area contributed by atoms with Crippen LogP contribution in [0.1, 0.15) is 31.5 Å². The summed E-state index contributed by atoms with van der Waals surface area (Å²) < 4.78 is 5.18. The zero-order valence-corrected chi connectivity index (χ0v) is 13.1. The lowest BCUT2D eigenvalue weighted by atomic mass is 9.75. The SMILES string of the molecule is COc1ccc(-c2cc3c(nn2)CC(C)(C)CC3=NN)cc1. The number of hydrogen-bond acceptors (Lipinski definition) is 5. The predicted molar refractivity (Wildman–Crippen MR) is 86.8 cm³/mol. The molecule has 2 aromatic rings. The third kappa shape index (κ3) is 2.66. The number of aromatic nitrogens is 2. The molecule has 0 spiro atoms. The minimum absolute atomic E-state index is 0.113. The Labute approximate surface area is 130 Å². The van der Waals surface area contributed by atoms with Crippen molar-refractivity contribution in [3.8, 4) is 17.0 Å². The molecule has 0 aliphatic heterocycles. The van der Waals surface area contributed by atoms with Gasteiger partial charge in [-0.05, 0) is 48.6 Å². The van der Waals surface area contributed by atoms with E-state index in [1.54, 1.807) is 7.11 Å². The molecule has 0 saturated heterocycles. The van der Waals surface area contributed by atoms with Gasteiger partial charge < -0.3 is 10.6 Å². The van der Waals surface area contributed by atoms with E-state index in [4.69, 9.17) is 10.6 Å². The van der Waals surface area contributed by atoms with Crippen molar-refractivity contribution in [1.29, 1.82) is 0 Å². The normalized spacial score (nSPS) is 18.0. The van der Waals surface area contributed by atoms with Crippen molar-refractivity contribution < 1.29 is 4.74 Å². The highest BCUT2D eigenvalue weighted by atomic mass is 16.5. The van der Waals surface area contributed by atoms with Gasteiger partial charge in [0.2, 0.25) is 0 Å². The van der Waals surface area contributed by atoms with Crippen LogP contribution >= 0.6 is 0 Å². The van der Waals surface area contributed by atoms with Gasteiger partial charge in [-0.2, -0.15) is 15.3 Å². The van der Waals surface area contributed by atoms with E-state index in [1.807, 2.05) is 30.3 Å². The van der Waals surface area contributed by atoms with Crippen LogP contribution in [0.5, 0.6) is 5.75 Å². The smallest absolute Gasteiger partial charge is 0.118 e. The van der Waals surface area contributed by atoms with Crippen molar-refractivity contribution in [2.24, 2.45) is 16.4 Å². The molecule has 2 N–H and O–H groups in total. The van der Waals surface area contributed by atoms with E-state index in [1.165, 1.54) is 0 Å². The molecule has 5 nitrogen and oxygen atoms in total. The van der Waals surface area contributed by atoms with Crippen LogP contribution < -0.4 is 10.6 Å². The molecule has 1 aliphatic carbocycles. The first-order chi connectivity index (χ1) is 10.5. The zero-order valence-electron chi connectivity index (χ0n) is 13.1. The Morgan fingerprint density at radius 1 is 1.14 bits per heavy atom. The highest BCUT2D eigenvalue weighted by Crippen LogP contribution is 2.35. The summed E-state index contributed by atoms with van der Waals surface area (Å²) in [5, 5.41) is 12.8. The number of hydrogen-bond donors (Lipinski definition) is 1. The van der Waals surface area contributed by atoms with Crippen molar-refractivity contribution in [2.75, 3.05) is 7.11 Å². The van der Waals surface area contributed by atoms with E-state index < -0.39 is 0 Å². The molecule has 1 aromatic carbocycles. The number of nitrogens with zero attached hydrogens (tertiary/aromatic N) is 3. The average molecular weight is 296 g/mol. The van der Waals surface area contributed by atoms with Gasteiger partial charge in [-0.25, -0.2) is 0 Å². The molecule has 5 heteroatoms. The third-order valence-electron chi connectivity index (χ3n) is 4.01. The fraction of sp³-hybridized carbons (Fsp3) is 0.353. The van der Waals surface area contributed by atoms with E-state index in [0.29, 0.717) is 0 Å². The Morgan fingerprint density at radius 3 is 2.50 bits per heavy atom. The molecule has 1 aromatic heterocycles. The molecule has 0 radical (unpaired) electrons. The number of hydrazone groups is 1. The first-order valence-corrected chi connectivity index (χ1v) is 7.30. The van der Waals surface area contributed by atoms with E-state index >= 15 is 0 Å². The van der Waals surface area contributed by atoms with Crippen LogP contribution in [-0.4, -0.2) is 23.0 Å². The van der Waals surface area contributed by atoms with Crippen LogP contribution in [0.2, 0.25) is 0 Å². The molecule has 0 saturated carbocycles. The first kappa shape index (κ1) is 14.5. The van der Waals surface area contributed by atoms with E-state index in [9.17, 15) is 0 Å². The highest BCUT2D eigenvalue weighted by Gasteiger charge is 2.31. The van der Waals surface area contributed by atoms with Crippen LogP contribution in [0, 0.1) is 5.41 Å². The van der Waals surface area contributed by atoms with Gasteiger partial charge in [0.1, 0.15) is 5.75 Å². The van der Waals surface area contributed by atoms with Gasteiger partial charge in [0.05, 0.1) is 24.2 Å². The number of nitrogens with two attached hydrogens (primary N) is 1. The topological polar surface area (TPSA) is 73.4 Å². The largest absolute Gasteiger partial charge is 0.497 e. The summed E-state index contributed by atoms with van der Waals surface area (Å²) in [5.74, 6) is 6.41. The van der Waals surface area contributed by atoms with Crippen molar-refractivity contribution in [1.82, 2.24) is 10.2 Å². The van der Waals surface area contributed by atoms with Crippen molar-refractivity contribution >= 4 is 5.71 Å². The molecule has 0 fully saturated rings. The van der Waals surface area contributed by atoms with E-state index in [2.05, 4.69) is 29.1 Å². The average Bonchev–Trinajstić information content (AvgIpc) is 2.53. The maximum absolute atomic E-state index is 5.59. The molecule has 114 valence electrons. The summed E-state index contributed by atoms with van der Waals surface area (Å²) in [7, 11) is 1.65. The molecule has 0 atom stereocenters. The van der Waals surface area contributed by atoms with Crippen molar-refractivity contribution in [3.63, 3.8) is 0 Å². The Bertz CT molecular complexity index is 720. The van der Waals surface area contributed by atoms with Crippen LogP contribution in [-0.2, 0) is 6.42 Å². The maximum Gasteiger partial charge on any atom is 0.118 e. The summed E-state index contributed by atoms with van der Waals surface area (Å²) in [6.07, 6.45) is 1.74. The summed E-state index contributed by atoms with van der Waals surface area (Å²) in [5.41, 5.74) is 4.82. The standard InChI is InChI=1S/C17H20N4O/c1-17(2)9-15(19-18)13-8-14(20-21-16(13)10-17)11-4-6-12(22-3)7-5-11/h4-8H,9-10,18H2,1-3H3. The van der Waals surface area contributed by atoms with Crippen molar-refractivity contribution in [3.05, 3.63) is 41.6 Å². The molecule has 3 rings (SSSR count). The van der Waals surface area contributed by atoms with E-state index in [-0.39, 0.29) is 5.41 Å². The van der Waals surface area contributed by atoms with Crippen LogP contribution in [0.3, 0.4) is 0 Å². The lowest BCUT2D eigenvalue weighted by Gasteiger charge is -2.30. The zero-order chi connectivity index (χ0) is 15.7. The highest BCUT2D eigenvalue weighted by molar-refractivity contribution is 6.03. The Hall–Kier alpha value is -2.43. The monoisotopic (exact) mass is 296 g/mol. The van der Waals surface area contributed by atoms with Gasteiger partial charge in [0.25, 0.3) is 0 Å². The maximum atomic E-state index is 5.59. The van der Waals surface area contributed by atoms with Crippen molar-refractivity contribution in [2.45, 2.75) is 26.7 Å². The summed E-state index contributed by atoms with van der Waals surface area (Å²) >= 11 is 0. The van der Waals surface area contributed by atoms with Gasteiger partial charge in [0.15, 0.2) is 0 Å². The van der Waals surface area contributed by atoms with Gasteiger partial charge >= 0.3 is 0 Å². The number of ether oxygens (including phenoxy) is 1. The second kappa shape index (κ2) is 5.40.